The van der Waals surface area contributed by atoms with Gasteiger partial charge in [-0.3, -0.25) is 0 Å². The fourth-order valence-corrected chi connectivity index (χ4v) is 3.63. The van der Waals surface area contributed by atoms with E-state index in [0.717, 1.165) is 8.58 Å². The maximum atomic E-state index is 2.29. The summed E-state index contributed by atoms with van der Waals surface area (Å²) < 4.78 is 0. The molecule has 1 heteroatoms. The van der Waals surface area contributed by atoms with Crippen molar-refractivity contribution in [1.29, 1.82) is 0 Å². The topological polar surface area (TPSA) is 0 Å². The summed E-state index contributed by atoms with van der Waals surface area (Å²) in [5, 5.41) is 2.92. The average molecular weight is 256 g/mol. The van der Waals surface area contributed by atoms with E-state index in [-0.39, 0.29) is 5.41 Å². The first-order valence-electron chi connectivity index (χ1n) is 6.40. The van der Waals surface area contributed by atoms with Crippen LogP contribution in [0.5, 0.6) is 0 Å². The number of hydrogen-bond acceptors (Lipinski definition) is 0. The van der Waals surface area contributed by atoms with Crippen molar-refractivity contribution in [2.45, 2.75) is 33.1 Å². The van der Waals surface area contributed by atoms with Gasteiger partial charge in [-0.25, -0.2) is 0 Å². The first kappa shape index (κ1) is 13.3. The van der Waals surface area contributed by atoms with Crippen molar-refractivity contribution >= 4 is 19.2 Å². The highest BCUT2D eigenvalue weighted by Gasteiger charge is 2.17. The van der Waals surface area contributed by atoms with Crippen LogP contribution in [0.4, 0.5) is 0 Å². The molecule has 0 bridgehead atoms. The van der Waals surface area contributed by atoms with Gasteiger partial charge in [0.1, 0.15) is 0 Å². The number of benzene rings is 2. The second kappa shape index (κ2) is 5.24. The van der Waals surface area contributed by atoms with Gasteiger partial charge in [0.05, 0.1) is 0 Å². The lowest BCUT2D eigenvalue weighted by atomic mass is 9.87. The van der Waals surface area contributed by atoms with E-state index in [1.807, 2.05) is 0 Å². The summed E-state index contributed by atoms with van der Waals surface area (Å²) >= 11 is 0. The summed E-state index contributed by atoms with van der Waals surface area (Å²) in [6, 6.07) is 17.5. The molecule has 0 aliphatic heterocycles. The summed E-state index contributed by atoms with van der Waals surface area (Å²) in [6.07, 6.45) is 0. The van der Waals surface area contributed by atoms with Crippen molar-refractivity contribution in [3.63, 3.8) is 0 Å². The lowest BCUT2D eigenvalue weighted by molar-refractivity contribution is 0.594. The zero-order valence-corrected chi connectivity index (χ0v) is 12.6. The molecule has 0 nitrogen and oxygen atoms in total. The Morgan fingerprint density at radius 2 is 1.33 bits per heavy atom. The molecular formula is C17H21P. The Morgan fingerprint density at radius 1 is 0.778 bits per heavy atom. The Morgan fingerprint density at radius 3 is 1.94 bits per heavy atom. The van der Waals surface area contributed by atoms with Crippen molar-refractivity contribution < 1.29 is 0 Å². The molecule has 0 fully saturated rings. The predicted molar refractivity (Wildman–Crippen MR) is 83.9 cm³/mol. The Labute approximate surface area is 112 Å². The molecule has 2 rings (SSSR count). The third-order valence-electron chi connectivity index (χ3n) is 3.15. The smallest absolute Gasteiger partial charge is 0.0126 e. The van der Waals surface area contributed by atoms with Crippen LogP contribution in [0.15, 0.2) is 48.5 Å². The molecule has 0 radical (unpaired) electrons. The van der Waals surface area contributed by atoms with Gasteiger partial charge in [-0.1, -0.05) is 77.9 Å². The molecule has 1 unspecified atom stereocenters. The van der Waals surface area contributed by atoms with Crippen LogP contribution in [0.2, 0.25) is 0 Å². The molecule has 0 saturated carbocycles. The molecule has 0 N–H and O–H groups in total. The molecule has 0 aliphatic rings. The standard InChI is InChI=1S/C17H21P/c1-13-9-5-7-11-15(13)18-16-12-8-6-10-14(16)17(2,3)4/h5-12,18H,1-4H3. The average Bonchev–Trinajstić information content (AvgIpc) is 2.31. The van der Waals surface area contributed by atoms with E-state index in [4.69, 9.17) is 0 Å². The number of rotatable bonds is 2. The molecule has 0 amide bonds. The van der Waals surface area contributed by atoms with E-state index >= 15 is 0 Å². The summed E-state index contributed by atoms with van der Waals surface area (Å²) in [6.45, 7) is 9.05. The minimum atomic E-state index is 0.215. The first-order chi connectivity index (χ1) is 8.48. The van der Waals surface area contributed by atoms with Gasteiger partial charge < -0.3 is 0 Å². The minimum absolute atomic E-state index is 0.215. The highest BCUT2D eigenvalue weighted by molar-refractivity contribution is 7.55. The van der Waals surface area contributed by atoms with Gasteiger partial charge in [0.2, 0.25) is 0 Å². The molecule has 2 aromatic rings. The summed E-state index contributed by atoms with van der Waals surface area (Å²) in [4.78, 5) is 0. The van der Waals surface area contributed by atoms with Crippen LogP contribution in [-0.4, -0.2) is 0 Å². The molecule has 0 aliphatic carbocycles. The van der Waals surface area contributed by atoms with Crippen LogP contribution in [0.3, 0.4) is 0 Å². The van der Waals surface area contributed by atoms with Gasteiger partial charge in [0.25, 0.3) is 0 Å². The van der Waals surface area contributed by atoms with Crippen molar-refractivity contribution in [3.8, 4) is 0 Å². The Bertz CT molecular complexity index is 535. The molecule has 94 valence electrons. The van der Waals surface area contributed by atoms with Crippen LogP contribution in [0, 0.1) is 6.92 Å². The first-order valence-corrected chi connectivity index (χ1v) is 7.40. The van der Waals surface area contributed by atoms with E-state index in [1.54, 1.807) is 0 Å². The van der Waals surface area contributed by atoms with Crippen LogP contribution >= 0.6 is 8.58 Å². The molecule has 2 aromatic carbocycles. The lowest BCUT2D eigenvalue weighted by Gasteiger charge is -2.23. The van der Waals surface area contributed by atoms with E-state index in [9.17, 15) is 0 Å². The highest BCUT2D eigenvalue weighted by Crippen LogP contribution is 2.25. The summed E-state index contributed by atoms with van der Waals surface area (Å²) in [5.74, 6) is 0. The highest BCUT2D eigenvalue weighted by atomic mass is 31.1. The van der Waals surface area contributed by atoms with Gasteiger partial charge in [-0.2, -0.15) is 0 Å². The molecular weight excluding hydrogens is 235 g/mol. The van der Waals surface area contributed by atoms with Crippen molar-refractivity contribution in [2.24, 2.45) is 0 Å². The second-order valence-electron chi connectivity index (χ2n) is 5.74. The fourth-order valence-electron chi connectivity index (χ4n) is 2.10. The predicted octanol–water partition coefficient (Wildman–Crippen LogP) is 3.92. The van der Waals surface area contributed by atoms with Crippen LogP contribution < -0.4 is 10.6 Å². The quantitative estimate of drug-likeness (QED) is 0.714. The SMILES string of the molecule is Cc1ccccc1Pc1ccccc1C(C)(C)C. The minimum Gasteiger partial charge on any atom is -0.0620 e. The molecule has 0 spiro atoms. The largest absolute Gasteiger partial charge is 0.0620 e. The zero-order chi connectivity index (χ0) is 13.2. The van der Waals surface area contributed by atoms with E-state index in [1.165, 1.54) is 21.7 Å². The maximum Gasteiger partial charge on any atom is -0.0126 e. The van der Waals surface area contributed by atoms with Crippen LogP contribution in [0.25, 0.3) is 0 Å². The van der Waals surface area contributed by atoms with Crippen molar-refractivity contribution in [2.75, 3.05) is 0 Å². The third kappa shape index (κ3) is 3.00. The zero-order valence-electron chi connectivity index (χ0n) is 11.6. The van der Waals surface area contributed by atoms with E-state index < -0.39 is 0 Å². The summed E-state index contributed by atoms with van der Waals surface area (Å²) in [7, 11) is 0.748. The van der Waals surface area contributed by atoms with Gasteiger partial charge in [0, 0.05) is 0 Å². The Kier molecular flexibility index (Phi) is 3.88. The van der Waals surface area contributed by atoms with Crippen molar-refractivity contribution in [1.82, 2.24) is 0 Å². The monoisotopic (exact) mass is 256 g/mol. The Balaban J connectivity index is 2.39. The third-order valence-corrected chi connectivity index (χ3v) is 4.69. The maximum absolute atomic E-state index is 2.29. The van der Waals surface area contributed by atoms with Gasteiger partial charge in [-0.15, -0.1) is 0 Å². The van der Waals surface area contributed by atoms with Crippen molar-refractivity contribution in [3.05, 3.63) is 59.7 Å². The summed E-state index contributed by atoms with van der Waals surface area (Å²) in [5.41, 5.74) is 3.07. The second-order valence-corrected chi connectivity index (χ2v) is 7.06. The molecule has 1 atom stereocenters. The van der Waals surface area contributed by atoms with Gasteiger partial charge in [0.15, 0.2) is 0 Å². The fraction of sp³-hybridized carbons (Fsp3) is 0.294. The molecule has 0 aromatic heterocycles. The number of aryl methyl sites for hydroxylation is 1. The van der Waals surface area contributed by atoms with Crippen LogP contribution in [0.1, 0.15) is 31.9 Å². The normalized spacial score (nSPS) is 12.2. The van der Waals surface area contributed by atoms with E-state index in [2.05, 4.69) is 76.2 Å². The van der Waals surface area contributed by atoms with Gasteiger partial charge in [-0.05, 0) is 34.1 Å². The lowest BCUT2D eigenvalue weighted by Crippen LogP contribution is -2.21. The van der Waals surface area contributed by atoms with E-state index in [0.29, 0.717) is 0 Å². The number of hydrogen-bond donors (Lipinski definition) is 0. The Hall–Kier alpha value is -1.13. The molecule has 18 heavy (non-hydrogen) atoms. The van der Waals surface area contributed by atoms with Gasteiger partial charge >= 0.3 is 0 Å². The van der Waals surface area contributed by atoms with Crippen LogP contribution in [-0.2, 0) is 5.41 Å². The molecule has 0 heterocycles. The molecule has 0 saturated heterocycles.